The first-order valence-electron chi connectivity index (χ1n) is 28.1. The standard InChI is InChI=1S/C59H106O6/c1-4-7-10-13-16-19-22-25-27-28-29-30-32-34-37-40-43-46-49-52-58(61)64-55-56(54-63-57(60)51-48-45-42-39-36-33-24-21-18-15-12-9-6-3)65-59(62)53-50-47-44-41-38-35-31-26-23-20-17-14-11-8-5-2/h8,11,17,20,25-27,31,56H,4-7,9-10,12-16,18-19,21-24,28-30,32-55H2,1-3H3/b11-8-,20-17-,27-25-,31-26-/t56-/m0/s1. The molecule has 0 aromatic rings. The summed E-state index contributed by atoms with van der Waals surface area (Å²) in [7, 11) is 0. The van der Waals surface area contributed by atoms with Crippen LogP contribution in [-0.2, 0) is 28.6 Å². The number of carbonyl (C=O) groups is 3. The van der Waals surface area contributed by atoms with Gasteiger partial charge in [0.05, 0.1) is 0 Å². The Morgan fingerprint density at radius 3 is 0.954 bits per heavy atom. The predicted molar refractivity (Wildman–Crippen MR) is 279 cm³/mol. The third-order valence-electron chi connectivity index (χ3n) is 12.3. The van der Waals surface area contributed by atoms with Crippen LogP contribution in [0.2, 0.25) is 0 Å². The van der Waals surface area contributed by atoms with Gasteiger partial charge in [0.1, 0.15) is 13.2 Å². The SMILES string of the molecule is CC/C=C\C/C=C\C/C=C\CCCCCCCC(=O)O[C@H](COC(=O)CCCCCCCCCCC/C=C\CCCCCCCC)COC(=O)CCCCCCCCCCCCCCC. The second-order valence-corrected chi connectivity index (χ2v) is 18.8. The predicted octanol–water partition coefficient (Wildman–Crippen LogP) is 18.7. The van der Waals surface area contributed by atoms with Crippen molar-refractivity contribution in [2.24, 2.45) is 0 Å². The molecule has 0 aromatic carbocycles. The lowest BCUT2D eigenvalue weighted by atomic mass is 10.0. The number of ether oxygens (including phenoxy) is 3. The van der Waals surface area contributed by atoms with E-state index in [9.17, 15) is 14.4 Å². The van der Waals surface area contributed by atoms with Gasteiger partial charge in [-0.15, -0.1) is 0 Å². The van der Waals surface area contributed by atoms with Crippen molar-refractivity contribution in [3.8, 4) is 0 Å². The van der Waals surface area contributed by atoms with Crippen LogP contribution in [0.5, 0.6) is 0 Å². The van der Waals surface area contributed by atoms with Gasteiger partial charge in [-0.3, -0.25) is 14.4 Å². The summed E-state index contributed by atoms with van der Waals surface area (Å²) in [6.07, 6.45) is 65.3. The van der Waals surface area contributed by atoms with E-state index in [4.69, 9.17) is 14.2 Å². The smallest absolute Gasteiger partial charge is 0.306 e. The van der Waals surface area contributed by atoms with Crippen LogP contribution >= 0.6 is 0 Å². The van der Waals surface area contributed by atoms with Crippen LogP contribution in [0.3, 0.4) is 0 Å². The van der Waals surface area contributed by atoms with Crippen molar-refractivity contribution in [2.45, 2.75) is 297 Å². The Labute approximate surface area is 403 Å². The Balaban J connectivity index is 4.35. The summed E-state index contributed by atoms with van der Waals surface area (Å²) >= 11 is 0. The number of unbranched alkanes of at least 4 members (excludes halogenated alkanes) is 32. The molecule has 0 N–H and O–H groups in total. The highest BCUT2D eigenvalue weighted by atomic mass is 16.6. The Kier molecular flexibility index (Phi) is 51.8. The maximum absolute atomic E-state index is 12.8. The van der Waals surface area contributed by atoms with Crippen LogP contribution in [-0.4, -0.2) is 37.2 Å². The molecule has 378 valence electrons. The molecule has 0 saturated carbocycles. The minimum atomic E-state index is -0.780. The Hall–Kier alpha value is -2.63. The lowest BCUT2D eigenvalue weighted by Crippen LogP contribution is -2.30. The van der Waals surface area contributed by atoms with Gasteiger partial charge >= 0.3 is 17.9 Å². The maximum atomic E-state index is 12.8. The van der Waals surface area contributed by atoms with Gasteiger partial charge in [0, 0.05) is 19.3 Å². The van der Waals surface area contributed by atoms with Crippen LogP contribution in [0.25, 0.3) is 0 Å². The van der Waals surface area contributed by atoms with Gasteiger partial charge in [-0.25, -0.2) is 0 Å². The average Bonchev–Trinajstić information content (AvgIpc) is 3.30. The topological polar surface area (TPSA) is 78.9 Å². The number of hydrogen-bond donors (Lipinski definition) is 0. The summed E-state index contributed by atoms with van der Waals surface area (Å²) in [4.78, 5) is 38.1. The van der Waals surface area contributed by atoms with Crippen molar-refractivity contribution in [3.05, 3.63) is 48.6 Å². The molecule has 0 rings (SSSR count). The first-order chi connectivity index (χ1) is 32.0. The van der Waals surface area contributed by atoms with Crippen LogP contribution in [0.15, 0.2) is 48.6 Å². The van der Waals surface area contributed by atoms with E-state index < -0.39 is 6.10 Å². The molecule has 0 radical (unpaired) electrons. The fourth-order valence-corrected chi connectivity index (χ4v) is 8.10. The molecular weight excluding hydrogens is 805 g/mol. The van der Waals surface area contributed by atoms with E-state index >= 15 is 0 Å². The Bertz CT molecular complexity index is 1140. The van der Waals surface area contributed by atoms with E-state index in [0.717, 1.165) is 96.3 Å². The van der Waals surface area contributed by atoms with Crippen molar-refractivity contribution in [1.82, 2.24) is 0 Å². The zero-order valence-corrected chi connectivity index (χ0v) is 43.3. The number of hydrogen-bond acceptors (Lipinski definition) is 6. The lowest BCUT2D eigenvalue weighted by Gasteiger charge is -2.18. The van der Waals surface area contributed by atoms with E-state index in [0.29, 0.717) is 19.3 Å². The zero-order valence-electron chi connectivity index (χ0n) is 43.3. The van der Waals surface area contributed by atoms with Crippen LogP contribution in [0.4, 0.5) is 0 Å². The second kappa shape index (κ2) is 54.0. The van der Waals surface area contributed by atoms with E-state index in [1.807, 2.05) is 0 Å². The molecule has 0 aliphatic rings. The quantitative estimate of drug-likeness (QED) is 0.0262. The molecule has 0 fully saturated rings. The molecule has 0 saturated heterocycles. The first kappa shape index (κ1) is 62.4. The van der Waals surface area contributed by atoms with Crippen LogP contribution in [0, 0.1) is 0 Å². The van der Waals surface area contributed by atoms with Gasteiger partial charge in [0.25, 0.3) is 0 Å². The Morgan fingerprint density at radius 2 is 0.600 bits per heavy atom. The summed E-state index contributed by atoms with van der Waals surface area (Å²) in [5.41, 5.74) is 0. The number of esters is 3. The summed E-state index contributed by atoms with van der Waals surface area (Å²) < 4.78 is 16.8. The molecule has 0 bridgehead atoms. The molecule has 1 atom stereocenters. The highest BCUT2D eigenvalue weighted by molar-refractivity contribution is 5.71. The van der Waals surface area contributed by atoms with Gasteiger partial charge in [-0.1, -0.05) is 243 Å². The second-order valence-electron chi connectivity index (χ2n) is 18.8. The first-order valence-corrected chi connectivity index (χ1v) is 28.1. The summed E-state index contributed by atoms with van der Waals surface area (Å²) in [5, 5.41) is 0. The largest absolute Gasteiger partial charge is 0.462 e. The summed E-state index contributed by atoms with van der Waals surface area (Å²) in [6.45, 7) is 6.54. The van der Waals surface area contributed by atoms with Crippen molar-refractivity contribution in [3.63, 3.8) is 0 Å². The molecule has 0 aliphatic heterocycles. The van der Waals surface area contributed by atoms with Crippen LogP contribution in [0.1, 0.15) is 290 Å². The Morgan fingerprint density at radius 1 is 0.323 bits per heavy atom. The molecule has 0 amide bonds. The fraction of sp³-hybridized carbons (Fsp3) is 0.814. The lowest BCUT2D eigenvalue weighted by molar-refractivity contribution is -0.167. The summed E-state index contributed by atoms with van der Waals surface area (Å²) in [6, 6.07) is 0. The number of rotatable bonds is 51. The van der Waals surface area contributed by atoms with Gasteiger partial charge < -0.3 is 14.2 Å². The molecule has 0 unspecified atom stereocenters. The minimum absolute atomic E-state index is 0.0779. The molecular formula is C59H106O6. The molecule has 65 heavy (non-hydrogen) atoms. The average molecular weight is 911 g/mol. The van der Waals surface area contributed by atoms with E-state index in [-0.39, 0.29) is 31.1 Å². The number of allylic oxidation sites excluding steroid dienone is 8. The van der Waals surface area contributed by atoms with E-state index in [1.165, 1.54) is 154 Å². The highest BCUT2D eigenvalue weighted by Gasteiger charge is 2.19. The minimum Gasteiger partial charge on any atom is -0.462 e. The molecule has 0 aromatic heterocycles. The molecule has 0 aliphatic carbocycles. The van der Waals surface area contributed by atoms with Crippen molar-refractivity contribution in [1.29, 1.82) is 0 Å². The zero-order chi connectivity index (χ0) is 47.2. The van der Waals surface area contributed by atoms with Crippen molar-refractivity contribution < 1.29 is 28.6 Å². The fourth-order valence-electron chi connectivity index (χ4n) is 8.10. The van der Waals surface area contributed by atoms with Gasteiger partial charge in [0.15, 0.2) is 6.10 Å². The maximum Gasteiger partial charge on any atom is 0.306 e. The highest BCUT2D eigenvalue weighted by Crippen LogP contribution is 2.16. The molecule has 6 heteroatoms. The third kappa shape index (κ3) is 52.2. The molecule has 6 nitrogen and oxygen atoms in total. The van der Waals surface area contributed by atoms with Crippen molar-refractivity contribution in [2.75, 3.05) is 13.2 Å². The van der Waals surface area contributed by atoms with Gasteiger partial charge in [-0.05, 0) is 77.0 Å². The number of carbonyl (C=O) groups excluding carboxylic acids is 3. The monoisotopic (exact) mass is 911 g/mol. The van der Waals surface area contributed by atoms with Gasteiger partial charge in [-0.2, -0.15) is 0 Å². The molecule has 0 heterocycles. The van der Waals surface area contributed by atoms with E-state index in [1.54, 1.807) is 0 Å². The summed E-state index contributed by atoms with van der Waals surface area (Å²) in [5.74, 6) is -0.884. The van der Waals surface area contributed by atoms with E-state index in [2.05, 4.69) is 69.4 Å². The third-order valence-corrected chi connectivity index (χ3v) is 12.3. The van der Waals surface area contributed by atoms with Crippen LogP contribution < -0.4 is 0 Å². The normalized spacial score (nSPS) is 12.4. The van der Waals surface area contributed by atoms with Crippen molar-refractivity contribution >= 4 is 17.9 Å². The molecule has 0 spiro atoms. The van der Waals surface area contributed by atoms with Gasteiger partial charge in [0.2, 0.25) is 0 Å².